The number of nitrogens with zero attached hydrogens (tertiary/aromatic N) is 2. The van der Waals surface area contributed by atoms with Crippen LogP contribution >= 0.6 is 11.6 Å². The molecule has 1 aromatic heterocycles. The number of nitrogens with two attached hydrogens (primary N) is 1. The fourth-order valence-electron chi connectivity index (χ4n) is 2.04. The van der Waals surface area contributed by atoms with Gasteiger partial charge >= 0.3 is 0 Å². The van der Waals surface area contributed by atoms with Crippen LogP contribution in [0.2, 0.25) is 5.02 Å². The predicted molar refractivity (Wildman–Crippen MR) is 82.8 cm³/mol. The fraction of sp³-hybridized carbons (Fsp3) is 0. The van der Waals surface area contributed by atoms with Crippen LogP contribution in [-0.4, -0.2) is 15.6 Å². The van der Waals surface area contributed by atoms with E-state index in [0.717, 1.165) is 0 Å². The predicted octanol–water partition coefficient (Wildman–Crippen LogP) is 3.48. The quantitative estimate of drug-likeness (QED) is 0.753. The first-order valence-electron chi connectivity index (χ1n) is 6.46. The molecule has 4 nitrogen and oxygen atoms in total. The number of hydrogen-bond donors (Lipinski definition) is 1. The molecule has 2 N–H and O–H groups in total. The van der Waals surface area contributed by atoms with E-state index < -0.39 is 5.82 Å². The lowest BCUT2D eigenvalue weighted by Crippen LogP contribution is -2.05. The minimum Gasteiger partial charge on any atom is -0.384 e. The summed E-state index contributed by atoms with van der Waals surface area (Å²) in [5.41, 5.74) is 7.14. The van der Waals surface area contributed by atoms with Crippen molar-refractivity contribution in [3.05, 3.63) is 76.7 Å². The van der Waals surface area contributed by atoms with Crippen LogP contribution in [0.15, 0.2) is 54.6 Å². The molecular weight excluding hydrogens is 305 g/mol. The van der Waals surface area contributed by atoms with Gasteiger partial charge in [-0.05, 0) is 48.5 Å². The third-order valence-electron chi connectivity index (χ3n) is 3.15. The first-order chi connectivity index (χ1) is 10.5. The summed E-state index contributed by atoms with van der Waals surface area (Å²) in [5, 5.41) is 4.81. The van der Waals surface area contributed by atoms with Crippen LogP contribution in [0.25, 0.3) is 5.69 Å². The SMILES string of the molecule is Nc1cc(C(=O)c2ccc(F)cc2)nn1-c1ccc(Cl)cc1. The largest absolute Gasteiger partial charge is 0.384 e. The van der Waals surface area contributed by atoms with Crippen LogP contribution in [-0.2, 0) is 0 Å². The van der Waals surface area contributed by atoms with Crippen LogP contribution in [0.1, 0.15) is 16.1 Å². The number of ketones is 1. The maximum Gasteiger partial charge on any atom is 0.213 e. The molecule has 0 atom stereocenters. The van der Waals surface area contributed by atoms with Crippen molar-refractivity contribution < 1.29 is 9.18 Å². The van der Waals surface area contributed by atoms with Crippen molar-refractivity contribution in [1.29, 1.82) is 0 Å². The first kappa shape index (κ1) is 14.3. The highest BCUT2D eigenvalue weighted by Gasteiger charge is 2.15. The lowest BCUT2D eigenvalue weighted by atomic mass is 10.1. The zero-order valence-electron chi connectivity index (χ0n) is 11.3. The molecule has 0 aliphatic heterocycles. The van der Waals surface area contributed by atoms with Gasteiger partial charge in [0.15, 0.2) is 0 Å². The van der Waals surface area contributed by atoms with Gasteiger partial charge in [-0.3, -0.25) is 4.79 Å². The average Bonchev–Trinajstić information content (AvgIpc) is 2.90. The molecule has 0 amide bonds. The molecule has 0 aliphatic rings. The first-order valence-corrected chi connectivity index (χ1v) is 6.84. The summed E-state index contributed by atoms with van der Waals surface area (Å²) in [6.45, 7) is 0. The molecule has 0 aliphatic carbocycles. The number of halogens is 2. The van der Waals surface area contributed by atoms with Gasteiger partial charge in [0.05, 0.1) is 5.69 Å². The van der Waals surface area contributed by atoms with Crippen LogP contribution in [0.3, 0.4) is 0 Å². The normalized spacial score (nSPS) is 10.6. The summed E-state index contributed by atoms with van der Waals surface area (Å²) in [6, 6.07) is 13.7. The molecular formula is C16H11ClFN3O. The standard InChI is InChI=1S/C16H11ClFN3O/c17-11-3-7-13(8-4-11)21-15(19)9-14(20-21)16(22)10-1-5-12(18)6-2-10/h1-9H,19H2. The Morgan fingerprint density at radius 2 is 1.73 bits per heavy atom. The molecule has 110 valence electrons. The number of rotatable bonds is 3. The maximum absolute atomic E-state index is 12.9. The molecule has 0 bridgehead atoms. The average molecular weight is 316 g/mol. The van der Waals surface area contributed by atoms with Crippen molar-refractivity contribution in [2.75, 3.05) is 5.73 Å². The minimum atomic E-state index is -0.400. The van der Waals surface area contributed by atoms with Gasteiger partial charge in [-0.2, -0.15) is 5.10 Å². The van der Waals surface area contributed by atoms with E-state index in [0.29, 0.717) is 22.1 Å². The van der Waals surface area contributed by atoms with Gasteiger partial charge in [0.2, 0.25) is 5.78 Å². The number of carbonyl (C=O) groups excluding carboxylic acids is 1. The Labute approximate surface area is 130 Å². The number of aromatic nitrogens is 2. The van der Waals surface area contributed by atoms with E-state index in [-0.39, 0.29) is 11.5 Å². The van der Waals surface area contributed by atoms with Gasteiger partial charge in [-0.1, -0.05) is 11.6 Å². The number of anilines is 1. The Morgan fingerprint density at radius 3 is 2.36 bits per heavy atom. The highest BCUT2D eigenvalue weighted by molar-refractivity contribution is 6.30. The molecule has 6 heteroatoms. The molecule has 0 saturated carbocycles. The number of benzene rings is 2. The summed E-state index contributed by atoms with van der Waals surface area (Å²) in [7, 11) is 0. The van der Waals surface area contributed by atoms with E-state index in [4.69, 9.17) is 17.3 Å². The highest BCUT2D eigenvalue weighted by Crippen LogP contribution is 2.19. The minimum absolute atomic E-state index is 0.194. The Hall–Kier alpha value is -2.66. The van der Waals surface area contributed by atoms with Crippen molar-refractivity contribution in [2.24, 2.45) is 0 Å². The van der Waals surface area contributed by atoms with Crippen LogP contribution in [0.5, 0.6) is 0 Å². The molecule has 0 radical (unpaired) electrons. The molecule has 0 unspecified atom stereocenters. The lowest BCUT2D eigenvalue weighted by molar-refractivity contribution is 0.103. The smallest absolute Gasteiger partial charge is 0.213 e. The number of nitrogen functional groups attached to an aromatic ring is 1. The summed E-state index contributed by atoms with van der Waals surface area (Å²) in [6.07, 6.45) is 0. The fourth-order valence-corrected chi connectivity index (χ4v) is 2.17. The van der Waals surface area contributed by atoms with Crippen LogP contribution in [0.4, 0.5) is 10.2 Å². The molecule has 0 spiro atoms. The van der Waals surface area contributed by atoms with Crippen LogP contribution < -0.4 is 5.73 Å². The second-order valence-electron chi connectivity index (χ2n) is 4.68. The monoisotopic (exact) mass is 315 g/mol. The third-order valence-corrected chi connectivity index (χ3v) is 3.40. The molecule has 3 rings (SSSR count). The summed E-state index contributed by atoms with van der Waals surface area (Å²) >= 11 is 5.84. The molecule has 3 aromatic rings. The van der Waals surface area contributed by atoms with E-state index in [9.17, 15) is 9.18 Å². The molecule has 2 aromatic carbocycles. The number of hydrogen-bond acceptors (Lipinski definition) is 3. The molecule has 0 saturated heterocycles. The molecule has 22 heavy (non-hydrogen) atoms. The maximum atomic E-state index is 12.9. The summed E-state index contributed by atoms with van der Waals surface area (Å²) in [4.78, 5) is 12.3. The van der Waals surface area contributed by atoms with Gasteiger partial charge < -0.3 is 5.73 Å². The summed E-state index contributed by atoms with van der Waals surface area (Å²) < 4.78 is 14.4. The second kappa shape index (κ2) is 5.61. The Morgan fingerprint density at radius 1 is 1.09 bits per heavy atom. The van der Waals surface area contributed by atoms with Gasteiger partial charge in [-0.15, -0.1) is 0 Å². The Kier molecular flexibility index (Phi) is 3.65. The molecule has 0 fully saturated rings. The van der Waals surface area contributed by atoms with E-state index in [2.05, 4.69) is 5.10 Å². The third kappa shape index (κ3) is 2.71. The lowest BCUT2D eigenvalue weighted by Gasteiger charge is -2.03. The van der Waals surface area contributed by atoms with Crippen molar-refractivity contribution in [1.82, 2.24) is 9.78 Å². The topological polar surface area (TPSA) is 60.9 Å². The van der Waals surface area contributed by atoms with E-state index in [1.807, 2.05) is 0 Å². The Bertz CT molecular complexity index is 826. The van der Waals surface area contributed by atoms with Crippen molar-refractivity contribution in [3.8, 4) is 5.69 Å². The Balaban J connectivity index is 1.96. The van der Waals surface area contributed by atoms with E-state index in [1.165, 1.54) is 35.0 Å². The van der Waals surface area contributed by atoms with Crippen molar-refractivity contribution in [2.45, 2.75) is 0 Å². The zero-order valence-corrected chi connectivity index (χ0v) is 12.1. The van der Waals surface area contributed by atoms with E-state index in [1.54, 1.807) is 24.3 Å². The van der Waals surface area contributed by atoms with Crippen molar-refractivity contribution in [3.63, 3.8) is 0 Å². The van der Waals surface area contributed by atoms with Gasteiger partial charge in [0.25, 0.3) is 0 Å². The van der Waals surface area contributed by atoms with Gasteiger partial charge in [-0.25, -0.2) is 9.07 Å². The van der Waals surface area contributed by atoms with Gasteiger partial charge in [0, 0.05) is 16.7 Å². The van der Waals surface area contributed by atoms with Crippen molar-refractivity contribution >= 4 is 23.2 Å². The highest BCUT2D eigenvalue weighted by atomic mass is 35.5. The second-order valence-corrected chi connectivity index (χ2v) is 5.12. The number of carbonyl (C=O) groups is 1. The molecule has 1 heterocycles. The summed E-state index contributed by atoms with van der Waals surface area (Å²) in [5.74, 6) is -0.394. The van der Waals surface area contributed by atoms with Crippen LogP contribution in [0, 0.1) is 5.82 Å². The zero-order chi connectivity index (χ0) is 15.7. The van der Waals surface area contributed by atoms with Gasteiger partial charge in [0.1, 0.15) is 17.3 Å². The van der Waals surface area contributed by atoms with E-state index >= 15 is 0 Å².